The summed E-state index contributed by atoms with van der Waals surface area (Å²) in [5, 5.41) is 1.92. The van der Waals surface area contributed by atoms with Crippen molar-refractivity contribution in [3.05, 3.63) is 0 Å². The van der Waals surface area contributed by atoms with Gasteiger partial charge in [0.2, 0.25) is 0 Å². The molecule has 0 aromatic carbocycles. The molecule has 0 aromatic rings. The highest BCUT2D eigenvalue weighted by atomic mass is 15.6. The molecule has 0 radical (unpaired) electrons. The lowest BCUT2D eigenvalue weighted by Gasteiger charge is -1.80. The van der Waals surface area contributed by atoms with E-state index in [1.54, 1.807) is 0 Å². The molecule has 34 valence electrons. The first-order valence-electron chi connectivity index (χ1n) is 2.36. The Balaban J connectivity index is 2.17. The molecule has 2 fully saturated rings. The van der Waals surface area contributed by atoms with Crippen LogP contribution in [0.1, 0.15) is 12.8 Å². The lowest BCUT2D eigenvalue weighted by atomic mass is 10.5. The fourth-order valence-electron chi connectivity index (χ4n) is 0.871. The Morgan fingerprint density at radius 2 is 2.00 bits per heavy atom. The van der Waals surface area contributed by atoms with Crippen LogP contribution in [-0.4, -0.2) is 17.1 Å². The van der Waals surface area contributed by atoms with E-state index in [-0.39, 0.29) is 0 Å². The molecule has 1 atom stereocenters. The summed E-state index contributed by atoms with van der Waals surface area (Å²) in [6.45, 7) is 1.16. The molecular formula is C4H8N2. The zero-order valence-electron chi connectivity index (χ0n) is 3.65. The van der Waals surface area contributed by atoms with Gasteiger partial charge in [0.15, 0.2) is 0 Å². The number of hydrogen-bond acceptors (Lipinski definition) is 2. The molecule has 2 nitrogen and oxygen atoms in total. The summed E-state index contributed by atoms with van der Waals surface area (Å²) in [6, 6.07) is 0. The van der Waals surface area contributed by atoms with Gasteiger partial charge < -0.3 is 0 Å². The Morgan fingerprint density at radius 3 is 2.00 bits per heavy atom. The van der Waals surface area contributed by atoms with E-state index < -0.39 is 0 Å². The van der Waals surface area contributed by atoms with Crippen LogP contribution in [-0.2, 0) is 0 Å². The predicted molar refractivity (Wildman–Crippen MR) is 22.9 cm³/mol. The Kier molecular flexibility index (Phi) is 0.265. The highest BCUT2D eigenvalue weighted by Crippen LogP contribution is 2.50. The van der Waals surface area contributed by atoms with Crippen molar-refractivity contribution in [1.82, 2.24) is 5.01 Å². The second-order valence-electron chi connectivity index (χ2n) is 2.35. The lowest BCUT2D eigenvalue weighted by Crippen LogP contribution is -2.09. The molecule has 1 saturated heterocycles. The largest absolute Gasteiger partial charge is 0.268 e. The second kappa shape index (κ2) is 0.532. The lowest BCUT2D eigenvalue weighted by molar-refractivity contribution is 0.531. The molecule has 6 heavy (non-hydrogen) atoms. The van der Waals surface area contributed by atoms with E-state index in [1.165, 1.54) is 12.8 Å². The highest BCUT2D eigenvalue weighted by molar-refractivity contribution is 5.15. The third kappa shape index (κ3) is 0.172. The van der Waals surface area contributed by atoms with Crippen LogP contribution in [0.25, 0.3) is 0 Å². The summed E-state index contributed by atoms with van der Waals surface area (Å²) in [6.07, 6.45) is 2.70. The molecule has 1 unspecified atom stereocenters. The molecule has 2 heteroatoms. The summed E-state index contributed by atoms with van der Waals surface area (Å²) >= 11 is 0. The van der Waals surface area contributed by atoms with Crippen molar-refractivity contribution >= 4 is 0 Å². The van der Waals surface area contributed by atoms with Gasteiger partial charge >= 0.3 is 0 Å². The van der Waals surface area contributed by atoms with Gasteiger partial charge in [0.1, 0.15) is 0 Å². The van der Waals surface area contributed by atoms with Crippen molar-refractivity contribution < 1.29 is 0 Å². The van der Waals surface area contributed by atoms with E-state index in [2.05, 4.69) is 0 Å². The smallest absolute Gasteiger partial charge is 0.0494 e. The van der Waals surface area contributed by atoms with Gasteiger partial charge in [-0.15, -0.1) is 0 Å². The topological polar surface area (TPSA) is 29.0 Å². The van der Waals surface area contributed by atoms with Gasteiger partial charge in [0.25, 0.3) is 0 Å². The number of nitrogens with zero attached hydrogens (tertiary/aromatic N) is 1. The van der Waals surface area contributed by atoms with Crippen LogP contribution >= 0.6 is 0 Å². The first kappa shape index (κ1) is 2.99. The molecule has 1 saturated carbocycles. The van der Waals surface area contributed by atoms with Gasteiger partial charge in [0, 0.05) is 12.1 Å². The minimum atomic E-state index is 0.569. The van der Waals surface area contributed by atoms with Crippen LogP contribution < -0.4 is 5.84 Å². The molecule has 2 N–H and O–H groups in total. The zero-order valence-corrected chi connectivity index (χ0v) is 3.65. The summed E-state index contributed by atoms with van der Waals surface area (Å²) in [7, 11) is 0. The fraction of sp³-hybridized carbons (Fsp3) is 1.00. The van der Waals surface area contributed by atoms with Crippen LogP contribution in [0, 0.1) is 0 Å². The monoisotopic (exact) mass is 84.1 g/mol. The van der Waals surface area contributed by atoms with E-state index in [0.29, 0.717) is 5.54 Å². The fourth-order valence-corrected chi connectivity index (χ4v) is 0.871. The predicted octanol–water partition coefficient (Wildman–Crippen LogP) is -0.292. The minimum absolute atomic E-state index is 0.569. The number of hydrazine groups is 1. The minimum Gasteiger partial charge on any atom is -0.268 e. The van der Waals surface area contributed by atoms with Crippen LogP contribution in [0.5, 0.6) is 0 Å². The number of hydrogen-bond donors (Lipinski definition) is 1. The first-order chi connectivity index (χ1) is 2.83. The Hall–Kier alpha value is -0.0800. The molecule has 2 aliphatic rings. The van der Waals surface area contributed by atoms with Crippen molar-refractivity contribution in [2.75, 3.05) is 6.54 Å². The van der Waals surface area contributed by atoms with E-state index in [4.69, 9.17) is 5.84 Å². The van der Waals surface area contributed by atoms with Crippen molar-refractivity contribution in [3.63, 3.8) is 0 Å². The van der Waals surface area contributed by atoms with Gasteiger partial charge in [-0.3, -0.25) is 5.84 Å². The molecule has 1 spiro atoms. The Morgan fingerprint density at radius 1 is 1.50 bits per heavy atom. The number of rotatable bonds is 0. The molecule has 1 heterocycles. The third-order valence-electron chi connectivity index (χ3n) is 1.80. The average Bonchev–Trinajstić information content (AvgIpc) is 2.25. The Bertz CT molecular complexity index is 85.5. The van der Waals surface area contributed by atoms with E-state index in [9.17, 15) is 0 Å². The molecule has 1 aliphatic heterocycles. The van der Waals surface area contributed by atoms with Crippen LogP contribution in [0.2, 0.25) is 0 Å². The maximum atomic E-state index is 5.40. The van der Waals surface area contributed by atoms with E-state index >= 15 is 0 Å². The van der Waals surface area contributed by atoms with E-state index in [1.807, 2.05) is 5.01 Å². The molecule has 2 rings (SSSR count). The van der Waals surface area contributed by atoms with Crippen molar-refractivity contribution in [2.45, 2.75) is 18.4 Å². The van der Waals surface area contributed by atoms with E-state index in [0.717, 1.165) is 6.54 Å². The third-order valence-corrected chi connectivity index (χ3v) is 1.80. The molecule has 0 bridgehead atoms. The summed E-state index contributed by atoms with van der Waals surface area (Å²) < 4.78 is 0. The molecule has 0 amide bonds. The van der Waals surface area contributed by atoms with Crippen LogP contribution in [0.15, 0.2) is 0 Å². The van der Waals surface area contributed by atoms with Crippen molar-refractivity contribution in [2.24, 2.45) is 5.84 Å². The van der Waals surface area contributed by atoms with Crippen LogP contribution in [0.3, 0.4) is 0 Å². The normalized spacial score (nSPS) is 46.5. The summed E-state index contributed by atoms with van der Waals surface area (Å²) in [4.78, 5) is 0. The quantitative estimate of drug-likeness (QED) is 0.323. The summed E-state index contributed by atoms with van der Waals surface area (Å²) in [5.74, 6) is 5.40. The standard InChI is InChI=1S/C4H8N2/c5-6-3-4(6)1-2-4/h1-3,5H2. The van der Waals surface area contributed by atoms with Crippen LogP contribution in [0.4, 0.5) is 0 Å². The van der Waals surface area contributed by atoms with Crippen molar-refractivity contribution in [3.8, 4) is 0 Å². The van der Waals surface area contributed by atoms with Gasteiger partial charge in [0.05, 0.1) is 0 Å². The van der Waals surface area contributed by atoms with Gasteiger partial charge in [-0.2, -0.15) is 0 Å². The van der Waals surface area contributed by atoms with Gasteiger partial charge in [-0.05, 0) is 12.8 Å². The highest BCUT2D eigenvalue weighted by Gasteiger charge is 2.60. The SMILES string of the molecule is NN1CC12CC2. The zero-order chi connectivity index (χ0) is 4.20. The molecule has 0 aromatic heterocycles. The number of nitrogens with two attached hydrogens (primary N) is 1. The maximum absolute atomic E-state index is 5.40. The maximum Gasteiger partial charge on any atom is 0.0494 e. The van der Waals surface area contributed by atoms with Gasteiger partial charge in [-0.25, -0.2) is 5.01 Å². The molecule has 1 aliphatic carbocycles. The molecular weight excluding hydrogens is 76.1 g/mol. The second-order valence-corrected chi connectivity index (χ2v) is 2.35. The van der Waals surface area contributed by atoms with Crippen molar-refractivity contribution in [1.29, 1.82) is 0 Å². The summed E-state index contributed by atoms with van der Waals surface area (Å²) in [5.41, 5.74) is 0.569. The first-order valence-corrected chi connectivity index (χ1v) is 2.36. The Labute approximate surface area is 36.9 Å². The average molecular weight is 84.1 g/mol. The van der Waals surface area contributed by atoms with Gasteiger partial charge in [-0.1, -0.05) is 0 Å².